The molecule has 2 aliphatic carbocycles. The third kappa shape index (κ3) is 2.64. The fourth-order valence-electron chi connectivity index (χ4n) is 3.63. The highest BCUT2D eigenvalue weighted by molar-refractivity contribution is 6.05. The molecule has 1 heterocycles. The molecular formula is C19H20N2O5. The van der Waals surface area contributed by atoms with Gasteiger partial charge in [-0.1, -0.05) is 13.0 Å². The molecule has 136 valence electrons. The van der Waals surface area contributed by atoms with Gasteiger partial charge in [0.05, 0.1) is 23.5 Å². The fourth-order valence-corrected chi connectivity index (χ4v) is 3.63. The van der Waals surface area contributed by atoms with Crippen molar-refractivity contribution in [3.05, 3.63) is 51.8 Å². The number of ether oxygens (including phenoxy) is 2. The summed E-state index contributed by atoms with van der Waals surface area (Å²) in [6, 6.07) is 4.43. The summed E-state index contributed by atoms with van der Waals surface area (Å²) in [5, 5.41) is 11.1. The Morgan fingerprint density at radius 3 is 2.77 bits per heavy atom. The highest BCUT2D eigenvalue weighted by Crippen LogP contribution is 2.50. The van der Waals surface area contributed by atoms with Gasteiger partial charge in [0.1, 0.15) is 5.75 Å². The maximum atomic E-state index is 13.0. The molecule has 1 spiro atoms. The van der Waals surface area contributed by atoms with E-state index in [1.807, 2.05) is 12.2 Å². The van der Waals surface area contributed by atoms with Gasteiger partial charge in [-0.15, -0.1) is 0 Å². The summed E-state index contributed by atoms with van der Waals surface area (Å²) in [5.41, 5.74) is 0.723. The number of nitro groups is 1. The van der Waals surface area contributed by atoms with Crippen LogP contribution in [0.1, 0.15) is 26.2 Å². The summed E-state index contributed by atoms with van der Waals surface area (Å²) in [5.74, 6) is 1.57. The van der Waals surface area contributed by atoms with Crippen molar-refractivity contribution in [3.63, 3.8) is 0 Å². The molecule has 7 heteroatoms. The van der Waals surface area contributed by atoms with Crippen LogP contribution >= 0.6 is 0 Å². The molecule has 3 aliphatic rings. The molecule has 0 radical (unpaired) electrons. The summed E-state index contributed by atoms with van der Waals surface area (Å²) >= 11 is 0. The van der Waals surface area contributed by atoms with Crippen molar-refractivity contribution < 1.29 is 19.2 Å². The highest BCUT2D eigenvalue weighted by Gasteiger charge is 2.58. The number of benzene rings is 1. The third-order valence-corrected chi connectivity index (χ3v) is 5.22. The minimum Gasteiger partial charge on any atom is -0.501 e. The SMILES string of the molecule is COC1=CC=C(CN2C(=O)C3(CC3)Oc3ccc([N+](=O)[O-])cc32)CC1C. The topological polar surface area (TPSA) is 81.9 Å². The smallest absolute Gasteiger partial charge is 0.271 e. The first-order valence-corrected chi connectivity index (χ1v) is 8.66. The number of nitrogens with zero attached hydrogens (tertiary/aromatic N) is 2. The Balaban J connectivity index is 1.70. The molecule has 1 atom stereocenters. The zero-order valence-corrected chi connectivity index (χ0v) is 14.7. The average Bonchev–Trinajstić information content (AvgIpc) is 3.39. The van der Waals surface area contributed by atoms with Crippen LogP contribution in [-0.2, 0) is 9.53 Å². The van der Waals surface area contributed by atoms with E-state index in [-0.39, 0.29) is 17.5 Å². The molecule has 1 fully saturated rings. The molecule has 0 bridgehead atoms. The first kappa shape index (κ1) is 16.6. The van der Waals surface area contributed by atoms with Gasteiger partial charge in [-0.3, -0.25) is 14.9 Å². The standard InChI is InChI=1S/C19H20N2O5/c1-12-9-13(3-5-16(12)25-2)11-20-15-10-14(21(23)24)4-6-17(15)26-19(7-8-19)18(20)22/h3-6,10,12H,7-9,11H2,1-2H3. The van der Waals surface area contributed by atoms with Gasteiger partial charge in [-0.05, 0) is 24.1 Å². The Kier molecular flexibility index (Phi) is 3.75. The second-order valence-corrected chi connectivity index (χ2v) is 7.10. The Morgan fingerprint density at radius 1 is 1.38 bits per heavy atom. The molecule has 1 saturated carbocycles. The predicted octanol–water partition coefficient (Wildman–Crippen LogP) is 3.35. The van der Waals surface area contributed by atoms with E-state index in [0.717, 1.165) is 17.8 Å². The molecule has 1 aromatic rings. The van der Waals surface area contributed by atoms with E-state index in [2.05, 4.69) is 6.92 Å². The van der Waals surface area contributed by atoms with Crippen LogP contribution in [0.4, 0.5) is 11.4 Å². The van der Waals surface area contributed by atoms with Crippen molar-refractivity contribution in [2.45, 2.75) is 31.8 Å². The van der Waals surface area contributed by atoms with Crippen LogP contribution in [0.5, 0.6) is 5.75 Å². The van der Waals surface area contributed by atoms with Gasteiger partial charge in [0.25, 0.3) is 11.6 Å². The van der Waals surface area contributed by atoms with E-state index in [9.17, 15) is 14.9 Å². The molecule has 1 amide bonds. The summed E-state index contributed by atoms with van der Waals surface area (Å²) < 4.78 is 11.2. The summed E-state index contributed by atoms with van der Waals surface area (Å²) in [6.07, 6.45) is 6.04. The van der Waals surface area contributed by atoms with Crippen molar-refractivity contribution in [3.8, 4) is 5.75 Å². The maximum Gasteiger partial charge on any atom is 0.271 e. The molecular weight excluding hydrogens is 336 g/mol. The van der Waals surface area contributed by atoms with Crippen molar-refractivity contribution in [1.29, 1.82) is 0 Å². The number of amides is 1. The molecule has 1 unspecified atom stereocenters. The largest absolute Gasteiger partial charge is 0.501 e. The number of hydrogen-bond donors (Lipinski definition) is 0. The number of anilines is 1. The Hall–Kier alpha value is -2.83. The minimum atomic E-state index is -0.780. The molecule has 7 nitrogen and oxygen atoms in total. The van der Waals surface area contributed by atoms with Crippen LogP contribution in [0.25, 0.3) is 0 Å². The summed E-state index contributed by atoms with van der Waals surface area (Å²) in [6.45, 7) is 2.47. The Morgan fingerprint density at radius 2 is 2.15 bits per heavy atom. The third-order valence-electron chi connectivity index (χ3n) is 5.22. The van der Waals surface area contributed by atoms with E-state index in [1.54, 1.807) is 18.1 Å². The molecule has 1 aliphatic heterocycles. The lowest BCUT2D eigenvalue weighted by molar-refractivity contribution is -0.384. The lowest BCUT2D eigenvalue weighted by atomic mass is 9.93. The van der Waals surface area contributed by atoms with E-state index in [1.165, 1.54) is 12.1 Å². The van der Waals surface area contributed by atoms with Crippen molar-refractivity contribution in [2.75, 3.05) is 18.6 Å². The van der Waals surface area contributed by atoms with Crippen LogP contribution in [0.2, 0.25) is 0 Å². The number of carbonyl (C=O) groups is 1. The van der Waals surface area contributed by atoms with Crippen LogP contribution in [-0.4, -0.2) is 30.1 Å². The highest BCUT2D eigenvalue weighted by atomic mass is 16.6. The summed E-state index contributed by atoms with van der Waals surface area (Å²) in [7, 11) is 1.65. The Bertz CT molecular complexity index is 853. The summed E-state index contributed by atoms with van der Waals surface area (Å²) in [4.78, 5) is 25.3. The van der Waals surface area contributed by atoms with E-state index in [0.29, 0.717) is 30.8 Å². The quantitative estimate of drug-likeness (QED) is 0.610. The van der Waals surface area contributed by atoms with Crippen molar-refractivity contribution in [2.24, 2.45) is 5.92 Å². The molecule has 0 N–H and O–H groups in total. The van der Waals surface area contributed by atoms with Crippen molar-refractivity contribution >= 4 is 17.3 Å². The number of allylic oxidation sites excluding steroid dienone is 3. The number of rotatable bonds is 4. The molecule has 26 heavy (non-hydrogen) atoms. The molecule has 1 aromatic carbocycles. The zero-order chi connectivity index (χ0) is 18.5. The maximum absolute atomic E-state index is 13.0. The van der Waals surface area contributed by atoms with Gasteiger partial charge in [0.2, 0.25) is 0 Å². The van der Waals surface area contributed by atoms with E-state index in [4.69, 9.17) is 9.47 Å². The molecule has 0 saturated heterocycles. The first-order valence-electron chi connectivity index (χ1n) is 8.66. The van der Waals surface area contributed by atoms with Gasteiger partial charge < -0.3 is 14.4 Å². The monoisotopic (exact) mass is 356 g/mol. The number of nitro benzene ring substituents is 1. The van der Waals surface area contributed by atoms with Gasteiger partial charge in [0.15, 0.2) is 5.60 Å². The average molecular weight is 356 g/mol. The number of non-ortho nitro benzene ring substituents is 1. The number of methoxy groups -OCH3 is 1. The van der Waals surface area contributed by atoms with Gasteiger partial charge in [0, 0.05) is 37.4 Å². The predicted molar refractivity (Wildman–Crippen MR) is 95.0 cm³/mol. The second kappa shape index (κ2) is 5.86. The lowest BCUT2D eigenvalue weighted by Crippen LogP contribution is -2.48. The number of fused-ring (bicyclic) bond motifs is 1. The van der Waals surface area contributed by atoms with Crippen LogP contribution in [0.3, 0.4) is 0 Å². The second-order valence-electron chi connectivity index (χ2n) is 7.10. The normalized spacial score (nSPS) is 22.9. The van der Waals surface area contributed by atoms with Gasteiger partial charge in [-0.25, -0.2) is 0 Å². The van der Waals surface area contributed by atoms with Crippen LogP contribution < -0.4 is 9.64 Å². The van der Waals surface area contributed by atoms with Crippen LogP contribution in [0, 0.1) is 16.0 Å². The number of hydrogen-bond acceptors (Lipinski definition) is 5. The van der Waals surface area contributed by atoms with E-state index >= 15 is 0 Å². The van der Waals surface area contributed by atoms with Crippen LogP contribution in [0.15, 0.2) is 41.7 Å². The fraction of sp³-hybridized carbons (Fsp3) is 0.421. The number of carbonyl (C=O) groups excluding carboxylic acids is 1. The minimum absolute atomic E-state index is 0.0514. The van der Waals surface area contributed by atoms with Gasteiger partial charge in [-0.2, -0.15) is 0 Å². The van der Waals surface area contributed by atoms with Crippen molar-refractivity contribution in [1.82, 2.24) is 0 Å². The molecule has 0 aromatic heterocycles. The zero-order valence-electron chi connectivity index (χ0n) is 14.7. The first-order chi connectivity index (χ1) is 12.4. The molecule has 4 rings (SSSR count). The lowest BCUT2D eigenvalue weighted by Gasteiger charge is -2.35. The Labute approximate surface area is 151 Å². The van der Waals surface area contributed by atoms with E-state index < -0.39 is 10.5 Å². The van der Waals surface area contributed by atoms with Gasteiger partial charge >= 0.3 is 0 Å².